The molecule has 0 spiro atoms. The van der Waals surface area contributed by atoms with Crippen molar-refractivity contribution in [3.63, 3.8) is 0 Å². The Bertz CT molecular complexity index is 680. The van der Waals surface area contributed by atoms with E-state index in [1.165, 1.54) is 22.3 Å². The van der Waals surface area contributed by atoms with Crippen LogP contribution in [0, 0.1) is 13.8 Å². The Morgan fingerprint density at radius 2 is 1.87 bits per heavy atom. The summed E-state index contributed by atoms with van der Waals surface area (Å²) in [6.45, 7) is 9.66. The van der Waals surface area contributed by atoms with E-state index >= 15 is 0 Å². The van der Waals surface area contributed by atoms with Crippen molar-refractivity contribution in [1.82, 2.24) is 5.32 Å². The number of aryl methyl sites for hydroxylation is 1. The van der Waals surface area contributed by atoms with Crippen molar-refractivity contribution in [3.8, 4) is 5.75 Å². The summed E-state index contributed by atoms with van der Waals surface area (Å²) in [5.74, 6) is 1.09. The molecule has 1 aliphatic rings. The van der Waals surface area contributed by atoms with Gasteiger partial charge in [-0.2, -0.15) is 0 Å². The van der Waals surface area contributed by atoms with E-state index in [1.807, 2.05) is 0 Å². The highest BCUT2D eigenvalue weighted by Gasteiger charge is 2.36. The van der Waals surface area contributed by atoms with Gasteiger partial charge in [0.15, 0.2) is 0 Å². The lowest BCUT2D eigenvalue weighted by Crippen LogP contribution is -2.41. The Morgan fingerprint density at radius 1 is 1.13 bits per heavy atom. The summed E-state index contributed by atoms with van der Waals surface area (Å²) in [5.41, 5.74) is 5.09. The Kier molecular flexibility index (Phi) is 4.45. The lowest BCUT2D eigenvalue weighted by molar-refractivity contribution is 0.0430. The molecule has 2 heteroatoms. The molecule has 2 nitrogen and oxygen atoms in total. The molecule has 1 aliphatic heterocycles. The van der Waals surface area contributed by atoms with Crippen LogP contribution in [0.5, 0.6) is 5.75 Å². The second-order valence-corrected chi connectivity index (χ2v) is 6.95. The fourth-order valence-corrected chi connectivity index (χ4v) is 3.29. The van der Waals surface area contributed by atoms with Gasteiger partial charge < -0.3 is 10.1 Å². The van der Waals surface area contributed by atoms with Gasteiger partial charge in [0.1, 0.15) is 11.4 Å². The number of ether oxygens (including phenoxy) is 1. The van der Waals surface area contributed by atoms with Gasteiger partial charge in [0, 0.05) is 24.6 Å². The first-order valence-corrected chi connectivity index (χ1v) is 8.59. The van der Waals surface area contributed by atoms with Crippen LogP contribution in [-0.2, 0) is 6.54 Å². The van der Waals surface area contributed by atoms with E-state index in [4.69, 9.17) is 4.74 Å². The molecule has 0 aromatic heterocycles. The van der Waals surface area contributed by atoms with Crippen molar-refractivity contribution in [2.75, 3.05) is 0 Å². The molecule has 0 saturated heterocycles. The molecule has 2 aromatic rings. The largest absolute Gasteiger partial charge is 0.487 e. The number of benzene rings is 2. The standard InChI is InChI=1S/C21H27NO/c1-5-21(4)13-19(22-14-17-9-7-6-8-10-17)18-12-11-15(2)16(3)20(18)23-21/h6-12,19,22H,5,13-14H2,1-4H3. The van der Waals surface area contributed by atoms with Crippen LogP contribution in [0.3, 0.4) is 0 Å². The minimum atomic E-state index is -0.0973. The molecule has 1 N–H and O–H groups in total. The zero-order valence-electron chi connectivity index (χ0n) is 14.6. The molecule has 122 valence electrons. The van der Waals surface area contributed by atoms with Crippen molar-refractivity contribution < 1.29 is 4.74 Å². The maximum atomic E-state index is 6.42. The van der Waals surface area contributed by atoms with E-state index in [-0.39, 0.29) is 5.60 Å². The molecule has 0 amide bonds. The third-order valence-corrected chi connectivity index (χ3v) is 5.21. The first-order valence-electron chi connectivity index (χ1n) is 8.59. The zero-order valence-corrected chi connectivity index (χ0v) is 14.6. The van der Waals surface area contributed by atoms with Crippen molar-refractivity contribution in [1.29, 1.82) is 0 Å². The zero-order chi connectivity index (χ0) is 16.4. The number of rotatable bonds is 4. The van der Waals surface area contributed by atoms with Crippen molar-refractivity contribution >= 4 is 0 Å². The van der Waals surface area contributed by atoms with E-state index in [0.717, 1.165) is 25.1 Å². The summed E-state index contributed by atoms with van der Waals surface area (Å²) in [7, 11) is 0. The van der Waals surface area contributed by atoms with Crippen LogP contribution < -0.4 is 10.1 Å². The van der Waals surface area contributed by atoms with Crippen LogP contribution in [0.2, 0.25) is 0 Å². The molecule has 2 aromatic carbocycles. The first kappa shape index (κ1) is 16.1. The van der Waals surface area contributed by atoms with Gasteiger partial charge in [0.2, 0.25) is 0 Å². The Morgan fingerprint density at radius 3 is 2.57 bits per heavy atom. The maximum Gasteiger partial charge on any atom is 0.128 e. The summed E-state index contributed by atoms with van der Waals surface area (Å²) >= 11 is 0. The highest BCUT2D eigenvalue weighted by molar-refractivity contribution is 5.48. The Labute approximate surface area is 139 Å². The number of fused-ring (bicyclic) bond motifs is 1. The first-order chi connectivity index (χ1) is 11.0. The molecular weight excluding hydrogens is 282 g/mol. The summed E-state index contributed by atoms with van der Waals surface area (Å²) < 4.78 is 6.42. The molecule has 0 aliphatic carbocycles. The van der Waals surface area contributed by atoms with Gasteiger partial charge in [-0.25, -0.2) is 0 Å². The third-order valence-electron chi connectivity index (χ3n) is 5.21. The summed E-state index contributed by atoms with van der Waals surface area (Å²) in [5, 5.41) is 3.75. The second-order valence-electron chi connectivity index (χ2n) is 6.95. The van der Waals surface area contributed by atoms with Crippen LogP contribution in [0.1, 0.15) is 55.0 Å². The van der Waals surface area contributed by atoms with Crippen LogP contribution in [0.25, 0.3) is 0 Å². The number of hydrogen-bond acceptors (Lipinski definition) is 2. The highest BCUT2D eigenvalue weighted by Crippen LogP contribution is 2.43. The molecule has 2 atom stereocenters. The fraction of sp³-hybridized carbons (Fsp3) is 0.429. The Hall–Kier alpha value is -1.80. The van der Waals surface area contributed by atoms with Gasteiger partial charge in [-0.15, -0.1) is 0 Å². The Balaban J connectivity index is 1.89. The van der Waals surface area contributed by atoms with E-state index in [9.17, 15) is 0 Å². The normalized spacial score (nSPS) is 23.2. The molecule has 2 unspecified atom stereocenters. The molecule has 0 radical (unpaired) electrons. The summed E-state index contributed by atoms with van der Waals surface area (Å²) in [4.78, 5) is 0. The quantitative estimate of drug-likeness (QED) is 0.850. The van der Waals surface area contributed by atoms with Crippen LogP contribution in [-0.4, -0.2) is 5.60 Å². The van der Waals surface area contributed by atoms with Gasteiger partial charge >= 0.3 is 0 Å². The van der Waals surface area contributed by atoms with E-state index in [0.29, 0.717) is 6.04 Å². The highest BCUT2D eigenvalue weighted by atomic mass is 16.5. The lowest BCUT2D eigenvalue weighted by Gasteiger charge is -2.41. The molecule has 3 rings (SSSR count). The van der Waals surface area contributed by atoms with Crippen molar-refractivity contribution in [2.24, 2.45) is 0 Å². The van der Waals surface area contributed by atoms with Crippen molar-refractivity contribution in [2.45, 2.75) is 58.7 Å². The molecule has 23 heavy (non-hydrogen) atoms. The number of nitrogens with one attached hydrogen (secondary N) is 1. The van der Waals surface area contributed by atoms with Crippen LogP contribution in [0.4, 0.5) is 0 Å². The molecule has 0 saturated carbocycles. The van der Waals surface area contributed by atoms with Gasteiger partial charge in [-0.3, -0.25) is 0 Å². The monoisotopic (exact) mass is 309 g/mol. The van der Waals surface area contributed by atoms with Crippen LogP contribution in [0.15, 0.2) is 42.5 Å². The van der Waals surface area contributed by atoms with Gasteiger partial charge in [0.25, 0.3) is 0 Å². The predicted molar refractivity (Wildman–Crippen MR) is 95.9 cm³/mol. The van der Waals surface area contributed by atoms with Crippen LogP contribution >= 0.6 is 0 Å². The second kappa shape index (κ2) is 6.37. The third kappa shape index (κ3) is 3.28. The SMILES string of the molecule is CCC1(C)CC(NCc2ccccc2)c2ccc(C)c(C)c2O1. The predicted octanol–water partition coefficient (Wildman–Crippen LogP) is 5.09. The average molecular weight is 309 g/mol. The minimum absolute atomic E-state index is 0.0973. The van der Waals surface area contributed by atoms with E-state index in [1.54, 1.807) is 0 Å². The summed E-state index contributed by atoms with van der Waals surface area (Å²) in [6.07, 6.45) is 2.02. The lowest BCUT2D eigenvalue weighted by atomic mass is 9.85. The molecular formula is C21H27NO. The number of hydrogen-bond donors (Lipinski definition) is 1. The van der Waals surface area contributed by atoms with E-state index < -0.39 is 0 Å². The minimum Gasteiger partial charge on any atom is -0.487 e. The van der Waals surface area contributed by atoms with E-state index in [2.05, 4.69) is 75.5 Å². The molecule has 1 heterocycles. The van der Waals surface area contributed by atoms with Gasteiger partial charge in [-0.1, -0.05) is 49.4 Å². The van der Waals surface area contributed by atoms with Crippen molar-refractivity contribution in [3.05, 3.63) is 64.7 Å². The average Bonchev–Trinajstić information content (AvgIpc) is 2.57. The van der Waals surface area contributed by atoms with Gasteiger partial charge in [-0.05, 0) is 43.9 Å². The topological polar surface area (TPSA) is 21.3 Å². The molecule has 0 fully saturated rings. The summed E-state index contributed by atoms with van der Waals surface area (Å²) in [6, 6.07) is 15.4. The molecule has 0 bridgehead atoms. The fourth-order valence-electron chi connectivity index (χ4n) is 3.29. The smallest absolute Gasteiger partial charge is 0.128 e. The maximum absolute atomic E-state index is 6.42. The van der Waals surface area contributed by atoms with Gasteiger partial charge in [0.05, 0.1) is 0 Å².